The van der Waals surface area contributed by atoms with Crippen LogP contribution in [0.2, 0.25) is 0 Å². The Morgan fingerprint density at radius 3 is 2.79 bits per heavy atom. The van der Waals surface area contributed by atoms with E-state index in [-0.39, 0.29) is 23.9 Å². The Bertz CT molecular complexity index is 1140. The van der Waals surface area contributed by atoms with Gasteiger partial charge in [-0.1, -0.05) is 6.07 Å². The fraction of sp³-hybridized carbons (Fsp3) is 0.200. The number of rotatable bonds is 5. The minimum absolute atomic E-state index is 0.106. The van der Waals surface area contributed by atoms with E-state index in [4.69, 9.17) is 0 Å². The molecule has 4 rings (SSSR count). The van der Waals surface area contributed by atoms with Crippen molar-refractivity contribution < 1.29 is 14.0 Å². The molecule has 2 aromatic carbocycles. The number of hydrogen-bond donors (Lipinski definition) is 2. The summed E-state index contributed by atoms with van der Waals surface area (Å²) in [6, 6.07) is 10.5. The highest BCUT2D eigenvalue weighted by Crippen LogP contribution is 2.20. The Balaban J connectivity index is 1.49. The lowest BCUT2D eigenvalue weighted by Gasteiger charge is -2.09. The highest BCUT2D eigenvalue weighted by atomic mass is 19.1. The molecule has 1 aliphatic rings. The molecule has 2 N–H and O–H groups in total. The second kappa shape index (κ2) is 7.22. The van der Waals surface area contributed by atoms with E-state index in [1.807, 2.05) is 0 Å². The molecule has 2 amide bonds. The number of benzene rings is 2. The van der Waals surface area contributed by atoms with Crippen LogP contribution in [0.3, 0.4) is 0 Å². The van der Waals surface area contributed by atoms with Crippen LogP contribution in [0.25, 0.3) is 10.9 Å². The maximum Gasteiger partial charge on any atom is 0.261 e. The van der Waals surface area contributed by atoms with Crippen LogP contribution in [0.15, 0.2) is 53.6 Å². The molecule has 1 aromatic heterocycles. The molecule has 1 fully saturated rings. The van der Waals surface area contributed by atoms with Crippen molar-refractivity contribution in [2.45, 2.75) is 25.4 Å². The van der Waals surface area contributed by atoms with Gasteiger partial charge in [0.2, 0.25) is 5.91 Å². The molecule has 0 aliphatic heterocycles. The van der Waals surface area contributed by atoms with Gasteiger partial charge in [0.05, 0.1) is 17.2 Å². The number of carbonyl (C=O) groups excluding carboxylic acids is 2. The smallest absolute Gasteiger partial charge is 0.261 e. The fourth-order valence-electron chi connectivity index (χ4n) is 2.83. The van der Waals surface area contributed by atoms with E-state index in [0.29, 0.717) is 16.8 Å². The van der Waals surface area contributed by atoms with Gasteiger partial charge in [0.25, 0.3) is 11.5 Å². The van der Waals surface area contributed by atoms with Crippen molar-refractivity contribution in [2.75, 3.05) is 5.32 Å². The zero-order valence-electron chi connectivity index (χ0n) is 14.8. The number of anilines is 1. The Morgan fingerprint density at radius 1 is 1.18 bits per heavy atom. The summed E-state index contributed by atoms with van der Waals surface area (Å²) in [6.45, 7) is -0.281. The van der Waals surface area contributed by atoms with Gasteiger partial charge in [-0.2, -0.15) is 0 Å². The summed E-state index contributed by atoms with van der Waals surface area (Å²) in [5, 5.41) is 5.65. The van der Waals surface area contributed by atoms with Gasteiger partial charge < -0.3 is 10.6 Å². The molecule has 3 aromatic rings. The zero-order valence-corrected chi connectivity index (χ0v) is 14.8. The van der Waals surface area contributed by atoms with Crippen molar-refractivity contribution >= 4 is 28.4 Å². The highest BCUT2D eigenvalue weighted by molar-refractivity contribution is 5.97. The van der Waals surface area contributed by atoms with Gasteiger partial charge in [0.15, 0.2) is 0 Å². The fourth-order valence-corrected chi connectivity index (χ4v) is 2.83. The number of halogens is 1. The van der Waals surface area contributed by atoms with Crippen molar-refractivity contribution in [1.29, 1.82) is 0 Å². The molecular weight excluding hydrogens is 363 g/mol. The monoisotopic (exact) mass is 380 g/mol. The van der Waals surface area contributed by atoms with Crippen LogP contribution in [0.1, 0.15) is 23.2 Å². The first-order valence-corrected chi connectivity index (χ1v) is 8.85. The summed E-state index contributed by atoms with van der Waals surface area (Å²) >= 11 is 0. The molecule has 0 spiro atoms. The van der Waals surface area contributed by atoms with E-state index in [1.54, 1.807) is 24.3 Å². The SMILES string of the molecule is O=C(Cn1cnc2ccc(F)cc2c1=O)Nc1cccc(C(=O)NC2CC2)c1. The summed E-state index contributed by atoms with van der Waals surface area (Å²) in [5.41, 5.74) is 0.751. The van der Waals surface area contributed by atoms with Crippen LogP contribution in [-0.4, -0.2) is 27.4 Å². The van der Waals surface area contributed by atoms with Crippen LogP contribution in [-0.2, 0) is 11.3 Å². The first kappa shape index (κ1) is 17.8. The van der Waals surface area contributed by atoms with Crippen molar-refractivity contribution in [1.82, 2.24) is 14.9 Å². The molecule has 0 radical (unpaired) electrons. The summed E-state index contributed by atoms with van der Waals surface area (Å²) < 4.78 is 14.5. The van der Waals surface area contributed by atoms with Gasteiger partial charge >= 0.3 is 0 Å². The Labute approximate surface area is 159 Å². The van der Waals surface area contributed by atoms with E-state index >= 15 is 0 Å². The summed E-state index contributed by atoms with van der Waals surface area (Å²) in [6.07, 6.45) is 3.23. The zero-order chi connectivity index (χ0) is 19.7. The predicted octanol–water partition coefficient (Wildman–Crippen LogP) is 2.07. The van der Waals surface area contributed by atoms with Gasteiger partial charge in [-0.3, -0.25) is 19.0 Å². The van der Waals surface area contributed by atoms with Crippen molar-refractivity contribution in [2.24, 2.45) is 0 Å². The summed E-state index contributed by atoms with van der Waals surface area (Å²) in [4.78, 5) is 41.0. The number of hydrogen-bond acceptors (Lipinski definition) is 4. The van der Waals surface area contributed by atoms with Crippen LogP contribution < -0.4 is 16.2 Å². The van der Waals surface area contributed by atoms with E-state index in [0.717, 1.165) is 23.5 Å². The lowest BCUT2D eigenvalue weighted by atomic mass is 10.2. The van der Waals surface area contributed by atoms with Crippen LogP contribution in [0, 0.1) is 5.82 Å². The number of amides is 2. The van der Waals surface area contributed by atoms with Gasteiger partial charge in [-0.15, -0.1) is 0 Å². The van der Waals surface area contributed by atoms with E-state index in [1.165, 1.54) is 18.5 Å². The molecule has 0 bridgehead atoms. The Hall–Kier alpha value is -3.55. The van der Waals surface area contributed by atoms with Crippen molar-refractivity contribution in [3.63, 3.8) is 0 Å². The van der Waals surface area contributed by atoms with Gasteiger partial charge in [-0.25, -0.2) is 9.37 Å². The molecule has 28 heavy (non-hydrogen) atoms. The van der Waals surface area contributed by atoms with Crippen molar-refractivity contribution in [3.8, 4) is 0 Å². The quantitative estimate of drug-likeness (QED) is 0.709. The molecular formula is C20H17FN4O3. The normalized spacial score (nSPS) is 13.3. The molecule has 1 heterocycles. The van der Waals surface area contributed by atoms with Gasteiger partial charge in [0, 0.05) is 17.3 Å². The minimum Gasteiger partial charge on any atom is -0.349 e. The molecule has 8 heteroatoms. The minimum atomic E-state index is -0.546. The summed E-state index contributed by atoms with van der Waals surface area (Å²) in [5.74, 6) is -1.19. The lowest BCUT2D eigenvalue weighted by molar-refractivity contribution is -0.116. The Kier molecular flexibility index (Phi) is 4.60. The van der Waals surface area contributed by atoms with Crippen LogP contribution >= 0.6 is 0 Å². The number of nitrogens with one attached hydrogen (secondary N) is 2. The molecule has 7 nitrogen and oxygen atoms in total. The number of fused-ring (bicyclic) bond motifs is 1. The molecule has 0 unspecified atom stereocenters. The van der Waals surface area contributed by atoms with Crippen molar-refractivity contribution in [3.05, 3.63) is 70.5 Å². The number of carbonyl (C=O) groups is 2. The van der Waals surface area contributed by atoms with E-state index in [9.17, 15) is 18.8 Å². The van der Waals surface area contributed by atoms with E-state index < -0.39 is 17.3 Å². The third-order valence-corrected chi connectivity index (χ3v) is 4.42. The standard InChI is InChI=1S/C20H17FN4O3/c21-13-4-7-17-16(9-13)20(28)25(11-22-17)10-18(26)23-15-3-1-2-12(8-15)19(27)24-14-5-6-14/h1-4,7-9,11,14H,5-6,10H2,(H,23,26)(H,24,27). The average molecular weight is 380 g/mol. The number of nitrogens with zero attached hydrogens (tertiary/aromatic N) is 2. The maximum atomic E-state index is 13.4. The molecule has 1 saturated carbocycles. The number of aromatic nitrogens is 2. The third-order valence-electron chi connectivity index (χ3n) is 4.42. The largest absolute Gasteiger partial charge is 0.349 e. The average Bonchev–Trinajstić information content (AvgIpc) is 3.48. The molecule has 0 saturated heterocycles. The highest BCUT2D eigenvalue weighted by Gasteiger charge is 2.23. The first-order chi connectivity index (χ1) is 13.5. The second-order valence-electron chi connectivity index (χ2n) is 6.72. The topological polar surface area (TPSA) is 93.1 Å². The second-order valence-corrected chi connectivity index (χ2v) is 6.72. The first-order valence-electron chi connectivity index (χ1n) is 8.85. The maximum absolute atomic E-state index is 13.4. The summed E-state index contributed by atoms with van der Waals surface area (Å²) in [7, 11) is 0. The third kappa shape index (κ3) is 3.90. The van der Waals surface area contributed by atoms with Gasteiger partial charge in [0.1, 0.15) is 12.4 Å². The predicted molar refractivity (Wildman–Crippen MR) is 102 cm³/mol. The lowest BCUT2D eigenvalue weighted by Crippen LogP contribution is -2.28. The van der Waals surface area contributed by atoms with E-state index in [2.05, 4.69) is 15.6 Å². The van der Waals surface area contributed by atoms with Crippen LogP contribution in [0.5, 0.6) is 0 Å². The Morgan fingerprint density at radius 2 is 2.00 bits per heavy atom. The van der Waals surface area contributed by atoms with Gasteiger partial charge in [-0.05, 0) is 49.2 Å². The van der Waals surface area contributed by atoms with Crippen LogP contribution in [0.4, 0.5) is 10.1 Å². The molecule has 1 aliphatic carbocycles. The molecule has 0 atom stereocenters. The molecule has 142 valence electrons.